The summed E-state index contributed by atoms with van der Waals surface area (Å²) in [7, 11) is 3.25. The van der Waals surface area contributed by atoms with E-state index in [9.17, 15) is 0 Å². The van der Waals surface area contributed by atoms with Gasteiger partial charge < -0.3 is 9.90 Å². The Bertz CT molecular complexity index is 264. The van der Waals surface area contributed by atoms with E-state index in [2.05, 4.69) is 22.4 Å². The van der Waals surface area contributed by atoms with Crippen molar-refractivity contribution >= 4 is 22.3 Å². The number of carboxylic acid groups (broad SMARTS) is 1. The lowest BCUT2D eigenvalue weighted by molar-refractivity contribution is -0.302. The van der Waals surface area contributed by atoms with Gasteiger partial charge in [0.05, 0.1) is 10.2 Å². The zero-order chi connectivity index (χ0) is 10.1. The summed E-state index contributed by atoms with van der Waals surface area (Å²) in [6.45, 7) is 0.972. The number of carbonyl (C=O) groups excluding carboxylic acids is 1. The monoisotopic (exact) mass is 190 g/mol. The Balaban J connectivity index is 0.000000310. The topological polar surface area (TPSA) is 40.1 Å². The Kier molecular flexibility index (Phi) is 6.54. The number of aliphatic carboxylic acids is 1. The maximum atomic E-state index is 8.89. The van der Waals surface area contributed by atoms with Crippen molar-refractivity contribution in [3.05, 3.63) is 41.6 Å². The Labute approximate surface area is 81.3 Å². The van der Waals surface area contributed by atoms with E-state index in [1.54, 1.807) is 0 Å². The summed E-state index contributed by atoms with van der Waals surface area (Å²) in [5.74, 6) is -1.08. The van der Waals surface area contributed by atoms with Gasteiger partial charge in [0.15, 0.2) is 0 Å². The number of hydrogen-bond donors (Lipinski definition) is 0. The molecule has 2 nitrogen and oxygen atoms in total. The highest BCUT2D eigenvalue weighted by atomic mass is 28.1. The molecule has 0 atom stereocenters. The van der Waals surface area contributed by atoms with Gasteiger partial charge in [0, 0.05) is 5.97 Å². The van der Waals surface area contributed by atoms with Crippen LogP contribution in [0.2, 0.25) is 0 Å². The maximum absolute atomic E-state index is 8.89. The maximum Gasteiger partial charge on any atom is 0.0601 e. The predicted octanol–water partition coefficient (Wildman–Crippen LogP) is 0.582. The van der Waals surface area contributed by atoms with Crippen LogP contribution < -0.4 is 5.11 Å². The lowest BCUT2D eigenvalue weighted by Crippen LogP contribution is -2.16. The van der Waals surface area contributed by atoms with Crippen molar-refractivity contribution in [3.8, 4) is 0 Å². The van der Waals surface area contributed by atoms with Crippen molar-refractivity contribution in [2.24, 2.45) is 0 Å². The second kappa shape index (κ2) is 7.30. The molecule has 3 radical (unpaired) electrons. The zero-order valence-corrected chi connectivity index (χ0v) is 8.36. The summed E-state index contributed by atoms with van der Waals surface area (Å²) in [5, 5.41) is 8.89. The summed E-state index contributed by atoms with van der Waals surface area (Å²) in [6.07, 6.45) is 2.00. The van der Waals surface area contributed by atoms with E-state index >= 15 is 0 Å². The van der Waals surface area contributed by atoms with Crippen LogP contribution in [0.4, 0.5) is 0 Å². The van der Waals surface area contributed by atoms with E-state index in [4.69, 9.17) is 9.90 Å². The average molecular weight is 190 g/mol. The number of carbonyl (C=O) groups is 1. The molecule has 67 valence electrons. The molecule has 0 heterocycles. The third-order valence-corrected chi connectivity index (χ3v) is 1.24. The van der Waals surface area contributed by atoms with Gasteiger partial charge in [0.25, 0.3) is 0 Å². The molecule has 0 bridgehead atoms. The van der Waals surface area contributed by atoms with Gasteiger partial charge in [-0.3, -0.25) is 0 Å². The molecule has 3 heteroatoms. The van der Waals surface area contributed by atoms with Crippen molar-refractivity contribution in [1.82, 2.24) is 0 Å². The minimum absolute atomic E-state index is 0.972. The molecule has 0 fully saturated rings. The first-order valence-electron chi connectivity index (χ1n) is 3.73. The molecule has 0 aliphatic heterocycles. The number of hydrogen-bond acceptors (Lipinski definition) is 2. The smallest absolute Gasteiger partial charge is 0.0601 e. The molecule has 0 aliphatic carbocycles. The summed E-state index contributed by atoms with van der Waals surface area (Å²) in [6, 6.07) is 10.1. The summed E-state index contributed by atoms with van der Waals surface area (Å²) < 4.78 is 0. The average Bonchev–Trinajstić information content (AvgIpc) is 2.06. The normalized spacial score (nSPS) is 9.08. The van der Waals surface area contributed by atoms with Crippen molar-refractivity contribution < 1.29 is 9.90 Å². The largest absolute Gasteiger partial charge is 0.550 e. The SMILES string of the molecule is CC(=O)[O-].[Si]/C=C/c1ccccc1. The van der Waals surface area contributed by atoms with Crippen LogP contribution in [0.5, 0.6) is 0 Å². The molecule has 0 amide bonds. The number of benzene rings is 1. The third-order valence-electron chi connectivity index (χ3n) is 1.08. The van der Waals surface area contributed by atoms with Gasteiger partial charge in [-0.15, -0.1) is 5.70 Å². The van der Waals surface area contributed by atoms with Gasteiger partial charge in [0.1, 0.15) is 0 Å². The molecule has 1 aromatic carbocycles. The standard InChI is InChI=1S/C8H7Si.C2H4O2/c9-7-6-8-4-2-1-3-5-8;1-2(3)4/h1-7H;1H3,(H,3,4)/p-1/b7-6+;. The van der Waals surface area contributed by atoms with E-state index in [1.807, 2.05) is 30.0 Å². The molecule has 0 saturated carbocycles. The first-order chi connectivity index (χ1) is 6.16. The van der Waals surface area contributed by atoms with Crippen LogP contribution in [0, 0.1) is 0 Å². The molecule has 0 saturated heterocycles. The molecule has 0 aromatic heterocycles. The molecule has 0 aliphatic rings. The van der Waals surface area contributed by atoms with E-state index < -0.39 is 5.97 Å². The Morgan fingerprint density at radius 2 is 1.85 bits per heavy atom. The molecule has 0 spiro atoms. The first kappa shape index (κ1) is 11.6. The van der Waals surface area contributed by atoms with Crippen LogP contribution in [-0.4, -0.2) is 16.2 Å². The van der Waals surface area contributed by atoms with Crippen LogP contribution in [0.25, 0.3) is 6.08 Å². The van der Waals surface area contributed by atoms with E-state index in [1.165, 1.54) is 5.56 Å². The first-order valence-corrected chi connectivity index (χ1v) is 4.31. The van der Waals surface area contributed by atoms with Crippen LogP contribution in [0.1, 0.15) is 12.5 Å². The minimum Gasteiger partial charge on any atom is -0.550 e. The highest BCUT2D eigenvalue weighted by Gasteiger charge is 1.77. The summed E-state index contributed by atoms with van der Waals surface area (Å²) in [5.41, 5.74) is 3.06. The number of carboxylic acids is 1. The Morgan fingerprint density at radius 3 is 2.23 bits per heavy atom. The van der Waals surface area contributed by atoms with Crippen LogP contribution in [0.15, 0.2) is 36.0 Å². The van der Waals surface area contributed by atoms with E-state index in [0.717, 1.165) is 6.92 Å². The van der Waals surface area contributed by atoms with E-state index in [-0.39, 0.29) is 0 Å². The quantitative estimate of drug-likeness (QED) is 0.608. The Hall–Kier alpha value is -1.35. The van der Waals surface area contributed by atoms with Gasteiger partial charge in [0.2, 0.25) is 0 Å². The zero-order valence-electron chi connectivity index (χ0n) is 7.36. The fraction of sp³-hybridized carbons (Fsp3) is 0.100. The minimum atomic E-state index is -1.08. The van der Waals surface area contributed by atoms with Gasteiger partial charge in [-0.25, -0.2) is 0 Å². The van der Waals surface area contributed by atoms with Gasteiger partial charge in [-0.2, -0.15) is 0 Å². The lowest BCUT2D eigenvalue weighted by atomic mass is 10.2. The van der Waals surface area contributed by atoms with Crippen molar-refractivity contribution in [2.45, 2.75) is 6.92 Å². The molecule has 1 rings (SSSR count). The second-order valence-electron chi connectivity index (χ2n) is 2.24. The Morgan fingerprint density at radius 1 is 1.38 bits per heavy atom. The van der Waals surface area contributed by atoms with Crippen molar-refractivity contribution in [3.63, 3.8) is 0 Å². The summed E-state index contributed by atoms with van der Waals surface area (Å²) in [4.78, 5) is 8.89. The van der Waals surface area contributed by atoms with Gasteiger partial charge >= 0.3 is 0 Å². The molecular formula is C10H10O2Si-. The van der Waals surface area contributed by atoms with Gasteiger partial charge in [-0.05, 0) is 12.5 Å². The molecule has 13 heavy (non-hydrogen) atoms. The third kappa shape index (κ3) is 8.55. The van der Waals surface area contributed by atoms with Crippen molar-refractivity contribution in [2.75, 3.05) is 0 Å². The molecule has 1 aromatic rings. The number of rotatable bonds is 1. The highest BCUT2D eigenvalue weighted by molar-refractivity contribution is 6.19. The van der Waals surface area contributed by atoms with Crippen LogP contribution in [0.3, 0.4) is 0 Å². The van der Waals surface area contributed by atoms with Crippen LogP contribution >= 0.6 is 0 Å². The second-order valence-corrected chi connectivity index (χ2v) is 2.57. The molecule has 0 N–H and O–H groups in total. The van der Waals surface area contributed by atoms with Crippen LogP contribution in [-0.2, 0) is 4.79 Å². The molecule has 0 unspecified atom stereocenters. The fourth-order valence-electron chi connectivity index (χ4n) is 0.660. The summed E-state index contributed by atoms with van der Waals surface area (Å²) >= 11 is 0. The van der Waals surface area contributed by atoms with E-state index in [0.29, 0.717) is 0 Å². The highest BCUT2D eigenvalue weighted by Crippen LogP contribution is 1.98. The molecular weight excluding hydrogens is 180 g/mol. The predicted molar refractivity (Wildman–Crippen MR) is 51.9 cm³/mol. The lowest BCUT2D eigenvalue weighted by Gasteiger charge is -1.86. The van der Waals surface area contributed by atoms with Gasteiger partial charge in [-0.1, -0.05) is 36.4 Å². The van der Waals surface area contributed by atoms with Crippen molar-refractivity contribution in [1.29, 1.82) is 0 Å². The fourth-order valence-corrected chi connectivity index (χ4v) is 0.853.